The van der Waals surface area contributed by atoms with Gasteiger partial charge in [0.25, 0.3) is 0 Å². The Morgan fingerprint density at radius 1 is 1.25 bits per heavy atom. The normalized spacial score (nSPS) is 36.5. The van der Waals surface area contributed by atoms with Crippen molar-refractivity contribution in [3.8, 4) is 0 Å². The Labute approximate surface area is 122 Å². The Morgan fingerprint density at radius 3 is 2.75 bits per heavy atom. The van der Waals surface area contributed by atoms with Gasteiger partial charge in [-0.2, -0.15) is 0 Å². The third-order valence-corrected chi connectivity index (χ3v) is 5.99. The number of carbonyl (C=O) groups excluding carboxylic acids is 1. The summed E-state index contributed by atoms with van der Waals surface area (Å²) < 4.78 is 0. The van der Waals surface area contributed by atoms with E-state index in [0.29, 0.717) is 17.6 Å². The number of fused-ring (bicyclic) bond motifs is 2. The van der Waals surface area contributed by atoms with Crippen LogP contribution in [0.25, 0.3) is 0 Å². The van der Waals surface area contributed by atoms with E-state index in [0.717, 1.165) is 24.7 Å². The summed E-state index contributed by atoms with van der Waals surface area (Å²) in [5.41, 5.74) is 4.77. The number of carbonyl (C=O) groups is 1. The zero-order valence-electron chi connectivity index (χ0n) is 13.0. The molecule has 3 rings (SSSR count). The van der Waals surface area contributed by atoms with E-state index in [2.05, 4.69) is 32.9 Å². The average molecular weight is 270 g/mol. The van der Waals surface area contributed by atoms with Crippen LogP contribution >= 0.6 is 0 Å². The van der Waals surface area contributed by atoms with Gasteiger partial charge in [-0.05, 0) is 65.7 Å². The van der Waals surface area contributed by atoms with Crippen LogP contribution in [0.5, 0.6) is 0 Å². The van der Waals surface area contributed by atoms with Gasteiger partial charge >= 0.3 is 0 Å². The predicted octanol–water partition coefficient (Wildman–Crippen LogP) is 4.99. The van der Waals surface area contributed by atoms with Crippen LogP contribution in [0.1, 0.15) is 59.3 Å². The molecule has 0 spiro atoms. The molecule has 3 aliphatic rings. The van der Waals surface area contributed by atoms with Gasteiger partial charge in [0, 0.05) is 6.42 Å². The predicted molar refractivity (Wildman–Crippen MR) is 83.4 cm³/mol. The highest BCUT2D eigenvalue weighted by atomic mass is 16.1. The molecule has 0 bridgehead atoms. The van der Waals surface area contributed by atoms with Crippen molar-refractivity contribution in [2.24, 2.45) is 17.3 Å². The third-order valence-electron chi connectivity index (χ3n) is 5.99. The van der Waals surface area contributed by atoms with Gasteiger partial charge in [-0.25, -0.2) is 0 Å². The number of allylic oxidation sites excluding steroid dienone is 6. The zero-order chi connectivity index (χ0) is 14.3. The van der Waals surface area contributed by atoms with Gasteiger partial charge in [0.05, 0.1) is 0 Å². The van der Waals surface area contributed by atoms with E-state index in [9.17, 15) is 4.79 Å². The van der Waals surface area contributed by atoms with Crippen molar-refractivity contribution in [2.45, 2.75) is 59.3 Å². The van der Waals surface area contributed by atoms with Crippen molar-refractivity contribution in [2.75, 3.05) is 0 Å². The van der Waals surface area contributed by atoms with Crippen LogP contribution in [0, 0.1) is 17.3 Å². The first-order chi connectivity index (χ1) is 9.59. The molecule has 1 nitrogen and oxygen atoms in total. The fourth-order valence-electron chi connectivity index (χ4n) is 4.64. The third kappa shape index (κ3) is 2.03. The van der Waals surface area contributed by atoms with Crippen molar-refractivity contribution < 1.29 is 4.79 Å². The summed E-state index contributed by atoms with van der Waals surface area (Å²) in [6, 6.07) is 0. The van der Waals surface area contributed by atoms with E-state index in [-0.39, 0.29) is 0 Å². The van der Waals surface area contributed by atoms with Crippen LogP contribution < -0.4 is 0 Å². The number of hydrogen-bond acceptors (Lipinski definition) is 1. The molecule has 20 heavy (non-hydrogen) atoms. The van der Waals surface area contributed by atoms with Crippen LogP contribution in [-0.2, 0) is 4.79 Å². The molecule has 0 aromatic heterocycles. The highest BCUT2D eigenvalue weighted by Gasteiger charge is 2.41. The van der Waals surface area contributed by atoms with Crippen molar-refractivity contribution >= 4 is 5.78 Å². The smallest absolute Gasteiger partial charge is 0.156 e. The minimum atomic E-state index is 0.327. The van der Waals surface area contributed by atoms with Crippen molar-refractivity contribution in [3.63, 3.8) is 0 Å². The molecule has 0 unspecified atom stereocenters. The van der Waals surface area contributed by atoms with E-state index in [1.807, 2.05) is 6.08 Å². The quantitative estimate of drug-likeness (QED) is 0.690. The molecule has 0 aromatic carbocycles. The minimum Gasteiger partial charge on any atom is -0.295 e. The van der Waals surface area contributed by atoms with Gasteiger partial charge in [-0.15, -0.1) is 0 Å². The highest BCUT2D eigenvalue weighted by molar-refractivity contribution is 5.93. The van der Waals surface area contributed by atoms with Gasteiger partial charge in [-0.1, -0.05) is 39.3 Å². The molecule has 0 saturated heterocycles. The summed E-state index contributed by atoms with van der Waals surface area (Å²) in [6.45, 7) is 7.09. The van der Waals surface area contributed by atoms with E-state index in [4.69, 9.17) is 0 Å². The lowest BCUT2D eigenvalue weighted by Crippen LogP contribution is -2.36. The van der Waals surface area contributed by atoms with Crippen molar-refractivity contribution in [1.82, 2.24) is 0 Å². The van der Waals surface area contributed by atoms with Gasteiger partial charge in [0.1, 0.15) is 0 Å². The molecule has 0 aliphatic heterocycles. The summed E-state index contributed by atoms with van der Waals surface area (Å²) >= 11 is 0. The Bertz CT molecular complexity index is 520. The zero-order valence-corrected chi connectivity index (χ0v) is 13.0. The fraction of sp³-hybridized carbons (Fsp3) is 0.632. The van der Waals surface area contributed by atoms with Crippen LogP contribution in [-0.4, -0.2) is 5.78 Å². The molecule has 0 amide bonds. The van der Waals surface area contributed by atoms with Gasteiger partial charge in [-0.3, -0.25) is 4.79 Å². The summed E-state index contributed by atoms with van der Waals surface area (Å²) in [5.74, 6) is 1.81. The van der Waals surface area contributed by atoms with Crippen LogP contribution in [0.15, 0.2) is 34.9 Å². The first kappa shape index (κ1) is 13.9. The Balaban J connectivity index is 2.07. The fourth-order valence-corrected chi connectivity index (χ4v) is 4.64. The molecule has 108 valence electrons. The summed E-state index contributed by atoms with van der Waals surface area (Å²) in [7, 11) is 0. The van der Waals surface area contributed by atoms with Gasteiger partial charge in [0.15, 0.2) is 5.78 Å². The second-order valence-electron chi connectivity index (χ2n) is 6.92. The lowest BCUT2D eigenvalue weighted by atomic mass is 9.58. The SMILES string of the molecule is CC[C@H]1[C@@H]2CCC3=CC(=O)CCC3=C2C=C[C@]1(C)CC. The lowest BCUT2D eigenvalue weighted by Gasteiger charge is -2.46. The molecule has 0 fully saturated rings. The Hall–Kier alpha value is -1.11. The monoisotopic (exact) mass is 270 g/mol. The van der Waals surface area contributed by atoms with E-state index in [1.54, 1.807) is 5.57 Å². The van der Waals surface area contributed by atoms with E-state index in [1.165, 1.54) is 30.4 Å². The second-order valence-corrected chi connectivity index (χ2v) is 6.92. The molecule has 0 radical (unpaired) electrons. The molecular formula is C19H26O. The Morgan fingerprint density at radius 2 is 2.05 bits per heavy atom. The molecular weight excluding hydrogens is 244 g/mol. The lowest BCUT2D eigenvalue weighted by molar-refractivity contribution is -0.114. The van der Waals surface area contributed by atoms with Crippen LogP contribution in [0.4, 0.5) is 0 Å². The second kappa shape index (κ2) is 5.02. The summed E-state index contributed by atoms with van der Waals surface area (Å²) in [4.78, 5) is 11.6. The summed E-state index contributed by atoms with van der Waals surface area (Å²) in [6.07, 6.45) is 13.3. The molecule has 0 N–H and O–H groups in total. The molecule has 0 heterocycles. The van der Waals surface area contributed by atoms with Crippen LogP contribution in [0.3, 0.4) is 0 Å². The maximum absolute atomic E-state index is 11.6. The molecule has 3 aliphatic carbocycles. The van der Waals surface area contributed by atoms with E-state index >= 15 is 0 Å². The van der Waals surface area contributed by atoms with E-state index < -0.39 is 0 Å². The Kier molecular flexibility index (Phi) is 3.48. The first-order valence-corrected chi connectivity index (χ1v) is 8.25. The molecule has 0 aromatic rings. The number of ketones is 1. The van der Waals surface area contributed by atoms with Crippen molar-refractivity contribution in [1.29, 1.82) is 0 Å². The van der Waals surface area contributed by atoms with Gasteiger partial charge in [0.2, 0.25) is 0 Å². The average Bonchev–Trinajstić information content (AvgIpc) is 2.46. The largest absolute Gasteiger partial charge is 0.295 e. The summed E-state index contributed by atoms with van der Waals surface area (Å²) in [5, 5.41) is 0. The maximum Gasteiger partial charge on any atom is 0.156 e. The van der Waals surface area contributed by atoms with Crippen LogP contribution in [0.2, 0.25) is 0 Å². The number of hydrogen-bond donors (Lipinski definition) is 0. The molecule has 1 heteroatoms. The minimum absolute atomic E-state index is 0.327. The van der Waals surface area contributed by atoms with Gasteiger partial charge < -0.3 is 0 Å². The topological polar surface area (TPSA) is 17.1 Å². The molecule has 3 atom stereocenters. The maximum atomic E-state index is 11.6. The van der Waals surface area contributed by atoms with Crippen molar-refractivity contribution in [3.05, 3.63) is 34.9 Å². The standard InChI is InChI=1S/C19H26O/c1-4-18-17-8-6-13-12-14(20)7-9-15(13)16(17)10-11-19(18,3)5-2/h10-12,17-18H,4-9H2,1-3H3/t17-,18+,19+/m1/s1. The highest BCUT2D eigenvalue weighted by Crippen LogP contribution is 2.52. The molecule has 0 saturated carbocycles. The first-order valence-electron chi connectivity index (χ1n) is 8.25. The number of rotatable bonds is 2.